The fourth-order valence-electron chi connectivity index (χ4n) is 2.28. The highest BCUT2D eigenvalue weighted by Gasteiger charge is 2.18. The molecule has 2 aromatic rings. The summed E-state index contributed by atoms with van der Waals surface area (Å²) in [7, 11) is 0. The van der Waals surface area contributed by atoms with E-state index in [4.69, 9.17) is 10.00 Å². The Kier molecular flexibility index (Phi) is 5.91. The van der Waals surface area contributed by atoms with Gasteiger partial charge in [-0.15, -0.1) is 0 Å². The molecule has 0 aliphatic rings. The highest BCUT2D eigenvalue weighted by atomic mass is 16.5. The molecule has 0 aliphatic heterocycles. The van der Waals surface area contributed by atoms with Crippen molar-refractivity contribution >= 4 is 17.6 Å². The van der Waals surface area contributed by atoms with E-state index in [1.54, 1.807) is 24.3 Å². The number of carbonyl (C=O) groups is 2. The van der Waals surface area contributed by atoms with Gasteiger partial charge in [0, 0.05) is 5.69 Å². The quantitative estimate of drug-likeness (QED) is 0.850. The van der Waals surface area contributed by atoms with Crippen LogP contribution in [0.4, 0.5) is 5.69 Å². The van der Waals surface area contributed by atoms with Crippen LogP contribution >= 0.6 is 0 Å². The molecule has 0 aliphatic carbocycles. The second-order valence-electron chi connectivity index (χ2n) is 5.91. The minimum absolute atomic E-state index is 0.114. The Morgan fingerprint density at radius 1 is 1.16 bits per heavy atom. The van der Waals surface area contributed by atoms with Crippen LogP contribution < -0.4 is 5.32 Å². The van der Waals surface area contributed by atoms with Gasteiger partial charge in [0.1, 0.15) is 0 Å². The van der Waals surface area contributed by atoms with Crippen molar-refractivity contribution < 1.29 is 14.3 Å². The monoisotopic (exact) mass is 336 g/mol. The van der Waals surface area contributed by atoms with E-state index in [2.05, 4.69) is 5.32 Å². The van der Waals surface area contributed by atoms with Gasteiger partial charge in [-0.3, -0.25) is 9.59 Å². The zero-order chi connectivity index (χ0) is 18.4. The summed E-state index contributed by atoms with van der Waals surface area (Å²) in [5.41, 5.74) is 4.04. The SMILES string of the molecule is Cc1ccc(CC(=O)O[C@H](C)C(=O)Nc2cccc(C#N)c2)cc1C. The van der Waals surface area contributed by atoms with E-state index in [1.165, 1.54) is 6.92 Å². The third-order valence-corrected chi connectivity index (χ3v) is 3.86. The zero-order valence-corrected chi connectivity index (χ0v) is 14.5. The summed E-state index contributed by atoms with van der Waals surface area (Å²) in [4.78, 5) is 24.2. The van der Waals surface area contributed by atoms with Gasteiger partial charge in [0.05, 0.1) is 18.1 Å². The molecule has 0 aromatic heterocycles. The van der Waals surface area contributed by atoms with Crippen molar-refractivity contribution in [1.29, 1.82) is 5.26 Å². The van der Waals surface area contributed by atoms with Crippen LogP contribution in [0.1, 0.15) is 29.2 Å². The molecule has 2 aromatic carbocycles. The van der Waals surface area contributed by atoms with Crippen LogP contribution in [0.2, 0.25) is 0 Å². The Morgan fingerprint density at radius 3 is 2.60 bits per heavy atom. The van der Waals surface area contributed by atoms with Crippen molar-refractivity contribution in [3.05, 3.63) is 64.7 Å². The third-order valence-electron chi connectivity index (χ3n) is 3.86. The maximum Gasteiger partial charge on any atom is 0.311 e. The lowest BCUT2D eigenvalue weighted by molar-refractivity contribution is -0.152. The molecule has 0 fully saturated rings. The van der Waals surface area contributed by atoms with Gasteiger partial charge in [0.15, 0.2) is 6.10 Å². The summed E-state index contributed by atoms with van der Waals surface area (Å²) in [5.74, 6) is -0.903. The molecule has 2 rings (SSSR count). The lowest BCUT2D eigenvalue weighted by Crippen LogP contribution is -2.30. The first kappa shape index (κ1) is 18.2. The normalized spacial score (nSPS) is 11.3. The predicted octanol–water partition coefficient (Wildman–Crippen LogP) is 3.29. The van der Waals surface area contributed by atoms with Crippen molar-refractivity contribution in [2.75, 3.05) is 5.32 Å². The van der Waals surface area contributed by atoms with E-state index in [0.717, 1.165) is 16.7 Å². The van der Waals surface area contributed by atoms with Crippen LogP contribution in [0.15, 0.2) is 42.5 Å². The first-order valence-electron chi connectivity index (χ1n) is 7.95. The van der Waals surface area contributed by atoms with Crippen molar-refractivity contribution in [1.82, 2.24) is 0 Å². The molecule has 0 unspecified atom stereocenters. The molecule has 0 spiro atoms. The third kappa shape index (κ3) is 5.18. The molecule has 1 amide bonds. The van der Waals surface area contributed by atoms with Crippen LogP contribution in [0.3, 0.4) is 0 Å². The number of hydrogen-bond donors (Lipinski definition) is 1. The van der Waals surface area contributed by atoms with Crippen molar-refractivity contribution in [2.24, 2.45) is 0 Å². The predicted molar refractivity (Wildman–Crippen MR) is 95.0 cm³/mol. The van der Waals surface area contributed by atoms with Gasteiger partial charge in [0.25, 0.3) is 5.91 Å². The summed E-state index contributed by atoms with van der Waals surface area (Å²) in [5, 5.41) is 11.5. The van der Waals surface area contributed by atoms with Gasteiger partial charge in [-0.05, 0) is 55.7 Å². The molecule has 1 atom stereocenters. The average molecular weight is 336 g/mol. The van der Waals surface area contributed by atoms with E-state index in [9.17, 15) is 9.59 Å². The smallest absolute Gasteiger partial charge is 0.311 e. The van der Waals surface area contributed by atoms with E-state index >= 15 is 0 Å². The first-order chi connectivity index (χ1) is 11.9. The topological polar surface area (TPSA) is 79.2 Å². The molecule has 0 heterocycles. The number of rotatable bonds is 5. The summed E-state index contributed by atoms with van der Waals surface area (Å²) >= 11 is 0. The molecule has 128 valence electrons. The number of ether oxygens (including phenoxy) is 1. The molecular formula is C20H20N2O3. The Bertz CT molecular complexity index is 837. The van der Waals surface area contributed by atoms with Gasteiger partial charge in [-0.2, -0.15) is 5.26 Å². The number of hydrogen-bond acceptors (Lipinski definition) is 4. The number of nitriles is 1. The number of nitrogens with zero attached hydrogens (tertiary/aromatic N) is 1. The van der Waals surface area contributed by atoms with Gasteiger partial charge >= 0.3 is 5.97 Å². The van der Waals surface area contributed by atoms with Crippen LogP contribution in [0, 0.1) is 25.2 Å². The van der Waals surface area contributed by atoms with E-state index in [-0.39, 0.29) is 6.42 Å². The van der Waals surface area contributed by atoms with Crippen LogP contribution in [-0.4, -0.2) is 18.0 Å². The van der Waals surface area contributed by atoms with Gasteiger partial charge in [-0.25, -0.2) is 0 Å². The van der Waals surface area contributed by atoms with Gasteiger partial charge in [-0.1, -0.05) is 24.3 Å². The second-order valence-corrected chi connectivity index (χ2v) is 5.91. The molecule has 25 heavy (non-hydrogen) atoms. The van der Waals surface area contributed by atoms with Crippen molar-refractivity contribution in [2.45, 2.75) is 33.3 Å². The maximum absolute atomic E-state index is 12.1. The van der Waals surface area contributed by atoms with Gasteiger partial charge < -0.3 is 10.1 Å². The number of anilines is 1. The summed E-state index contributed by atoms with van der Waals surface area (Å²) in [6.45, 7) is 5.50. The Labute approximate surface area is 147 Å². The fraction of sp³-hybridized carbons (Fsp3) is 0.250. The maximum atomic E-state index is 12.1. The molecule has 5 nitrogen and oxygen atoms in total. The second kappa shape index (κ2) is 8.11. The van der Waals surface area contributed by atoms with E-state index in [1.807, 2.05) is 38.1 Å². The van der Waals surface area contributed by atoms with E-state index in [0.29, 0.717) is 11.3 Å². The van der Waals surface area contributed by atoms with Gasteiger partial charge in [0.2, 0.25) is 0 Å². The molecule has 0 saturated heterocycles. The molecule has 1 N–H and O–H groups in total. The molecule has 5 heteroatoms. The Balaban J connectivity index is 1.92. The fourth-order valence-corrected chi connectivity index (χ4v) is 2.28. The number of carbonyl (C=O) groups excluding carboxylic acids is 2. The van der Waals surface area contributed by atoms with Crippen molar-refractivity contribution in [3.63, 3.8) is 0 Å². The summed E-state index contributed by atoms with van der Waals surface area (Å²) < 4.78 is 5.20. The molecule has 0 saturated carbocycles. The minimum atomic E-state index is -0.926. The van der Waals surface area contributed by atoms with Crippen LogP contribution in [0.25, 0.3) is 0 Å². The highest BCUT2D eigenvalue weighted by Crippen LogP contribution is 2.13. The van der Waals surface area contributed by atoms with Crippen LogP contribution in [0.5, 0.6) is 0 Å². The van der Waals surface area contributed by atoms with Crippen molar-refractivity contribution in [3.8, 4) is 6.07 Å². The number of aryl methyl sites for hydroxylation is 2. The standard InChI is InChI=1S/C20H20N2O3/c1-13-7-8-16(9-14(13)2)11-19(23)25-15(3)20(24)22-18-6-4-5-17(10-18)12-21/h4-10,15H,11H2,1-3H3,(H,22,24)/t15-/m1/s1. The summed E-state index contributed by atoms with van der Waals surface area (Å²) in [6.07, 6.45) is -0.812. The Morgan fingerprint density at radius 2 is 1.92 bits per heavy atom. The number of esters is 1. The molecular weight excluding hydrogens is 316 g/mol. The molecule has 0 radical (unpaired) electrons. The Hall–Kier alpha value is -3.13. The number of nitrogens with one attached hydrogen (secondary N) is 1. The lowest BCUT2D eigenvalue weighted by atomic mass is 10.0. The average Bonchev–Trinajstić information content (AvgIpc) is 2.58. The zero-order valence-electron chi connectivity index (χ0n) is 14.5. The first-order valence-corrected chi connectivity index (χ1v) is 7.95. The lowest BCUT2D eigenvalue weighted by Gasteiger charge is -2.14. The van der Waals surface area contributed by atoms with E-state index < -0.39 is 18.0 Å². The molecule has 0 bridgehead atoms. The number of benzene rings is 2. The largest absolute Gasteiger partial charge is 0.452 e. The highest BCUT2D eigenvalue weighted by molar-refractivity contribution is 5.95. The minimum Gasteiger partial charge on any atom is -0.452 e. The number of amides is 1. The van der Waals surface area contributed by atoms with Crippen LogP contribution in [-0.2, 0) is 20.7 Å². The summed E-state index contributed by atoms with van der Waals surface area (Å²) in [6, 6.07) is 14.3.